The van der Waals surface area contributed by atoms with Gasteiger partial charge >= 0.3 is 5.97 Å². The van der Waals surface area contributed by atoms with Crippen LogP contribution in [0.4, 0.5) is 0 Å². The number of fused-ring (bicyclic) bond motifs is 1. The van der Waals surface area contributed by atoms with E-state index in [1.807, 2.05) is 19.3 Å². The molecule has 0 unspecified atom stereocenters. The molecule has 2 aromatic rings. The summed E-state index contributed by atoms with van der Waals surface area (Å²) in [6.07, 6.45) is 3.42. The number of nitrogens with zero attached hydrogens (tertiary/aromatic N) is 2. The maximum absolute atomic E-state index is 11.3. The number of methoxy groups -OCH3 is 1. The number of aromatic carboxylic acids is 1. The Morgan fingerprint density at radius 2 is 2.37 bits per heavy atom. The van der Waals surface area contributed by atoms with E-state index in [1.54, 1.807) is 10.5 Å². The van der Waals surface area contributed by atoms with Crippen LogP contribution < -0.4 is 10.1 Å². The first-order chi connectivity index (χ1) is 9.19. The van der Waals surface area contributed by atoms with Crippen LogP contribution in [-0.2, 0) is 6.42 Å². The number of imidazole rings is 1. The number of pyridine rings is 1. The molecule has 0 aliphatic heterocycles. The van der Waals surface area contributed by atoms with Crippen molar-refractivity contribution in [3.63, 3.8) is 0 Å². The number of hydrogen-bond acceptors (Lipinski definition) is 4. The van der Waals surface area contributed by atoms with E-state index in [1.165, 1.54) is 7.11 Å². The molecule has 2 heterocycles. The summed E-state index contributed by atoms with van der Waals surface area (Å²) in [5.41, 5.74) is 0.550. The Kier molecular flexibility index (Phi) is 4.01. The van der Waals surface area contributed by atoms with Gasteiger partial charge in [0.05, 0.1) is 7.11 Å². The van der Waals surface area contributed by atoms with Crippen molar-refractivity contribution >= 4 is 11.5 Å². The highest BCUT2D eigenvalue weighted by atomic mass is 16.5. The van der Waals surface area contributed by atoms with E-state index in [-0.39, 0.29) is 5.69 Å². The van der Waals surface area contributed by atoms with E-state index in [0.717, 1.165) is 18.8 Å². The van der Waals surface area contributed by atoms with Gasteiger partial charge < -0.3 is 15.2 Å². The van der Waals surface area contributed by atoms with Gasteiger partial charge in [0.1, 0.15) is 17.1 Å². The first-order valence-corrected chi connectivity index (χ1v) is 6.11. The number of hydrogen-bond donors (Lipinski definition) is 2. The Bertz CT molecular complexity index is 592. The predicted molar refractivity (Wildman–Crippen MR) is 71.0 cm³/mol. The zero-order valence-electron chi connectivity index (χ0n) is 11.0. The molecule has 0 saturated heterocycles. The second kappa shape index (κ2) is 5.71. The minimum Gasteiger partial charge on any atom is -0.494 e. The minimum atomic E-state index is -1.04. The van der Waals surface area contributed by atoms with Crippen LogP contribution in [0.5, 0.6) is 5.75 Å². The lowest BCUT2D eigenvalue weighted by Gasteiger charge is -2.04. The average molecular weight is 263 g/mol. The summed E-state index contributed by atoms with van der Waals surface area (Å²) in [6.45, 7) is 0.862. The lowest BCUT2D eigenvalue weighted by molar-refractivity contribution is 0.0693. The van der Waals surface area contributed by atoms with Crippen molar-refractivity contribution in [3.8, 4) is 5.75 Å². The van der Waals surface area contributed by atoms with Crippen LogP contribution in [0.3, 0.4) is 0 Å². The van der Waals surface area contributed by atoms with Gasteiger partial charge in [0.25, 0.3) is 0 Å². The van der Waals surface area contributed by atoms with Gasteiger partial charge in [-0.05, 0) is 32.1 Å². The van der Waals surface area contributed by atoms with Crippen LogP contribution in [0.2, 0.25) is 0 Å². The molecule has 102 valence electrons. The quantitative estimate of drug-likeness (QED) is 0.766. The van der Waals surface area contributed by atoms with Crippen molar-refractivity contribution in [1.29, 1.82) is 0 Å². The number of carboxylic acid groups (broad SMARTS) is 1. The fourth-order valence-electron chi connectivity index (χ4n) is 2.08. The van der Waals surface area contributed by atoms with Crippen molar-refractivity contribution in [1.82, 2.24) is 14.7 Å². The van der Waals surface area contributed by atoms with E-state index < -0.39 is 5.97 Å². The number of carboxylic acids is 1. The van der Waals surface area contributed by atoms with Gasteiger partial charge in [-0.15, -0.1) is 0 Å². The van der Waals surface area contributed by atoms with Crippen molar-refractivity contribution in [2.24, 2.45) is 0 Å². The van der Waals surface area contributed by atoms with Gasteiger partial charge in [-0.3, -0.25) is 4.40 Å². The van der Waals surface area contributed by atoms with Crippen molar-refractivity contribution in [3.05, 3.63) is 29.8 Å². The van der Waals surface area contributed by atoms with Gasteiger partial charge in [-0.2, -0.15) is 0 Å². The lowest BCUT2D eigenvalue weighted by Crippen LogP contribution is -2.09. The second-order valence-corrected chi connectivity index (χ2v) is 4.18. The highest BCUT2D eigenvalue weighted by Crippen LogP contribution is 2.24. The van der Waals surface area contributed by atoms with E-state index in [0.29, 0.717) is 17.7 Å². The lowest BCUT2D eigenvalue weighted by atomic mass is 10.3. The molecular formula is C13H17N3O3. The molecule has 6 nitrogen and oxygen atoms in total. The van der Waals surface area contributed by atoms with Gasteiger partial charge in [-0.25, -0.2) is 9.78 Å². The topological polar surface area (TPSA) is 75.9 Å². The molecule has 0 atom stereocenters. The summed E-state index contributed by atoms with van der Waals surface area (Å²) < 4.78 is 7.01. The molecular weight excluding hydrogens is 246 g/mol. The Labute approximate surface area is 111 Å². The standard InChI is InChI=1S/C13H17N3O3/c1-14-7-3-6-10-15-11(13(17)18)12-9(19-2)5-4-8-16(10)12/h4-5,8,14H,3,6-7H2,1-2H3,(H,17,18). The maximum atomic E-state index is 11.3. The SMILES string of the molecule is CNCCCc1nc(C(=O)O)c2c(OC)cccn12. The van der Waals surface area contributed by atoms with Crippen molar-refractivity contribution in [2.75, 3.05) is 20.7 Å². The van der Waals surface area contributed by atoms with E-state index >= 15 is 0 Å². The number of rotatable bonds is 6. The fourth-order valence-corrected chi connectivity index (χ4v) is 2.08. The smallest absolute Gasteiger partial charge is 0.356 e. The minimum absolute atomic E-state index is 0.0388. The molecule has 0 amide bonds. The number of ether oxygens (including phenoxy) is 1. The van der Waals surface area contributed by atoms with E-state index in [2.05, 4.69) is 10.3 Å². The monoisotopic (exact) mass is 263 g/mol. The first-order valence-electron chi connectivity index (χ1n) is 6.11. The molecule has 0 spiro atoms. The summed E-state index contributed by atoms with van der Waals surface area (Å²) >= 11 is 0. The van der Waals surface area contributed by atoms with Gasteiger partial charge in [-0.1, -0.05) is 0 Å². The number of aromatic nitrogens is 2. The highest BCUT2D eigenvalue weighted by molar-refractivity contribution is 5.95. The zero-order valence-corrected chi connectivity index (χ0v) is 11.0. The fraction of sp³-hybridized carbons (Fsp3) is 0.385. The molecule has 2 N–H and O–H groups in total. The van der Waals surface area contributed by atoms with Crippen LogP contribution in [-0.4, -0.2) is 41.2 Å². The maximum Gasteiger partial charge on any atom is 0.356 e. The number of aryl methyl sites for hydroxylation is 1. The first kappa shape index (κ1) is 13.4. The molecule has 0 aliphatic carbocycles. The van der Waals surface area contributed by atoms with Crippen molar-refractivity contribution < 1.29 is 14.6 Å². The Hall–Kier alpha value is -2.08. The molecule has 0 fully saturated rings. The molecule has 2 aromatic heterocycles. The molecule has 0 aliphatic rings. The van der Waals surface area contributed by atoms with Crippen LogP contribution in [0.1, 0.15) is 22.7 Å². The third-order valence-corrected chi connectivity index (χ3v) is 2.95. The predicted octanol–water partition coefficient (Wildman–Crippen LogP) is 1.19. The largest absolute Gasteiger partial charge is 0.494 e. The third-order valence-electron chi connectivity index (χ3n) is 2.95. The van der Waals surface area contributed by atoms with E-state index in [9.17, 15) is 9.90 Å². The Balaban J connectivity index is 2.51. The molecule has 6 heteroatoms. The van der Waals surface area contributed by atoms with Gasteiger partial charge in [0.2, 0.25) is 0 Å². The highest BCUT2D eigenvalue weighted by Gasteiger charge is 2.19. The molecule has 0 radical (unpaired) electrons. The van der Waals surface area contributed by atoms with Gasteiger partial charge in [0.15, 0.2) is 5.69 Å². The number of carbonyl (C=O) groups is 1. The average Bonchev–Trinajstić information content (AvgIpc) is 2.78. The summed E-state index contributed by atoms with van der Waals surface area (Å²) in [6, 6.07) is 3.56. The third kappa shape index (κ3) is 2.53. The van der Waals surface area contributed by atoms with Gasteiger partial charge in [0, 0.05) is 12.6 Å². The summed E-state index contributed by atoms with van der Waals surface area (Å²) in [5, 5.41) is 12.3. The summed E-state index contributed by atoms with van der Waals surface area (Å²) in [4.78, 5) is 15.5. The van der Waals surface area contributed by atoms with Crippen molar-refractivity contribution in [2.45, 2.75) is 12.8 Å². The zero-order chi connectivity index (χ0) is 13.8. The normalized spacial score (nSPS) is 10.8. The van der Waals surface area contributed by atoms with Crippen LogP contribution in [0.25, 0.3) is 5.52 Å². The summed E-state index contributed by atoms with van der Waals surface area (Å²) in [7, 11) is 3.41. The second-order valence-electron chi connectivity index (χ2n) is 4.18. The molecule has 0 aromatic carbocycles. The van der Waals surface area contributed by atoms with Crippen LogP contribution in [0, 0.1) is 0 Å². The molecule has 2 rings (SSSR count). The molecule has 0 bridgehead atoms. The summed E-state index contributed by atoms with van der Waals surface area (Å²) in [5.74, 6) is 0.218. The molecule has 19 heavy (non-hydrogen) atoms. The van der Waals surface area contributed by atoms with Crippen LogP contribution in [0.15, 0.2) is 18.3 Å². The Morgan fingerprint density at radius 3 is 3.00 bits per heavy atom. The molecule has 0 saturated carbocycles. The number of nitrogens with one attached hydrogen (secondary N) is 1. The van der Waals surface area contributed by atoms with E-state index in [4.69, 9.17) is 4.74 Å². The Morgan fingerprint density at radius 1 is 1.58 bits per heavy atom. The van der Waals surface area contributed by atoms with Crippen LogP contribution >= 0.6 is 0 Å².